The Kier molecular flexibility index (Phi) is 3.05. The molecule has 0 N–H and O–H groups in total. The van der Waals surface area contributed by atoms with Crippen molar-refractivity contribution in [2.75, 3.05) is 0 Å². The van der Waals surface area contributed by atoms with Gasteiger partial charge in [-0.3, -0.25) is 0 Å². The van der Waals surface area contributed by atoms with Gasteiger partial charge in [0.2, 0.25) is 0 Å². The first kappa shape index (κ1) is 10.2. The molecule has 0 unspecified atom stereocenters. The molecule has 0 atom stereocenters. The van der Waals surface area contributed by atoms with Crippen LogP contribution in [0.3, 0.4) is 0 Å². The van der Waals surface area contributed by atoms with Gasteiger partial charge in [0.15, 0.2) is 0 Å². The lowest BCUT2D eigenvalue weighted by atomic mass is 9.88. The molecule has 15 heavy (non-hydrogen) atoms. The first-order valence-corrected chi connectivity index (χ1v) is 5.80. The summed E-state index contributed by atoms with van der Waals surface area (Å²) in [6.07, 6.45) is 12.4. The van der Waals surface area contributed by atoms with Gasteiger partial charge in [0.1, 0.15) is 0 Å². The molecule has 0 nitrogen and oxygen atoms in total. The fraction of sp³-hybridized carbons (Fsp3) is 0.333. The van der Waals surface area contributed by atoms with E-state index in [2.05, 4.69) is 50.3 Å². The molecule has 78 valence electrons. The molecule has 0 heterocycles. The van der Waals surface area contributed by atoms with E-state index in [0.29, 0.717) is 0 Å². The van der Waals surface area contributed by atoms with E-state index < -0.39 is 0 Å². The van der Waals surface area contributed by atoms with Crippen molar-refractivity contribution in [3.63, 3.8) is 0 Å². The molecule has 0 radical (unpaired) electrons. The first-order chi connectivity index (χ1) is 7.36. The summed E-state index contributed by atoms with van der Waals surface area (Å²) in [6.45, 7) is 4.33. The Balaban J connectivity index is 2.57. The summed E-state index contributed by atoms with van der Waals surface area (Å²) in [6, 6.07) is 4.49. The summed E-state index contributed by atoms with van der Waals surface area (Å²) in [7, 11) is 0. The Morgan fingerprint density at radius 2 is 2.20 bits per heavy atom. The predicted molar refractivity (Wildman–Crippen MR) is 67.9 cm³/mol. The molecule has 0 aromatic heterocycles. The van der Waals surface area contributed by atoms with E-state index in [4.69, 9.17) is 0 Å². The van der Waals surface area contributed by atoms with Crippen LogP contribution >= 0.6 is 0 Å². The predicted octanol–water partition coefficient (Wildman–Crippen LogP) is 4.24. The van der Waals surface area contributed by atoms with Crippen molar-refractivity contribution in [1.29, 1.82) is 0 Å². The second kappa shape index (κ2) is 4.48. The fourth-order valence-corrected chi connectivity index (χ4v) is 2.37. The van der Waals surface area contributed by atoms with E-state index in [-0.39, 0.29) is 0 Å². The van der Waals surface area contributed by atoms with Crippen LogP contribution < -0.4 is 0 Å². The zero-order valence-electron chi connectivity index (χ0n) is 9.59. The highest BCUT2D eigenvalue weighted by molar-refractivity contribution is 5.65. The van der Waals surface area contributed by atoms with Gasteiger partial charge < -0.3 is 0 Å². The number of benzene rings is 1. The largest absolute Gasteiger partial charge is 0.0871 e. The minimum Gasteiger partial charge on any atom is -0.0871 e. The lowest BCUT2D eigenvalue weighted by molar-refractivity contribution is 0.944. The van der Waals surface area contributed by atoms with Gasteiger partial charge in [-0.05, 0) is 48.4 Å². The molecule has 0 bridgehead atoms. The molecule has 1 aliphatic carbocycles. The second-order valence-corrected chi connectivity index (χ2v) is 4.00. The lowest BCUT2D eigenvalue weighted by Crippen LogP contribution is -2.01. The van der Waals surface area contributed by atoms with E-state index in [1.165, 1.54) is 29.5 Å². The SMILES string of the molecule is C/C=C\c1ccc2c(c1CC)CCC=C2. The summed E-state index contributed by atoms with van der Waals surface area (Å²) < 4.78 is 0. The van der Waals surface area contributed by atoms with E-state index in [1.54, 1.807) is 5.56 Å². The van der Waals surface area contributed by atoms with E-state index in [9.17, 15) is 0 Å². The third-order valence-electron chi connectivity index (χ3n) is 3.06. The lowest BCUT2D eigenvalue weighted by Gasteiger charge is -2.17. The van der Waals surface area contributed by atoms with Crippen molar-refractivity contribution in [2.24, 2.45) is 0 Å². The van der Waals surface area contributed by atoms with Crippen LogP contribution in [0.25, 0.3) is 12.2 Å². The molecule has 2 rings (SSSR count). The highest BCUT2D eigenvalue weighted by Crippen LogP contribution is 2.27. The van der Waals surface area contributed by atoms with Crippen LogP contribution in [0.5, 0.6) is 0 Å². The minimum atomic E-state index is 1.14. The molecule has 0 saturated heterocycles. The van der Waals surface area contributed by atoms with Crippen LogP contribution in [0.15, 0.2) is 24.3 Å². The fourth-order valence-electron chi connectivity index (χ4n) is 2.37. The minimum absolute atomic E-state index is 1.14. The van der Waals surface area contributed by atoms with Gasteiger partial charge in [-0.1, -0.05) is 43.4 Å². The maximum Gasteiger partial charge on any atom is -0.0224 e. The summed E-state index contributed by atoms with van der Waals surface area (Å²) in [5.74, 6) is 0. The van der Waals surface area contributed by atoms with Crippen LogP contribution in [0, 0.1) is 0 Å². The number of rotatable bonds is 2. The highest BCUT2D eigenvalue weighted by atomic mass is 14.2. The van der Waals surface area contributed by atoms with E-state index in [1.807, 2.05) is 0 Å². The van der Waals surface area contributed by atoms with Gasteiger partial charge in [-0.25, -0.2) is 0 Å². The molecule has 0 amide bonds. The number of fused-ring (bicyclic) bond motifs is 1. The molecule has 0 saturated carbocycles. The molecule has 0 fully saturated rings. The molecule has 1 aromatic rings. The van der Waals surface area contributed by atoms with Gasteiger partial charge in [0.25, 0.3) is 0 Å². The average Bonchev–Trinajstić information content (AvgIpc) is 2.29. The highest BCUT2D eigenvalue weighted by Gasteiger charge is 2.10. The molecule has 1 aromatic carbocycles. The Hall–Kier alpha value is -1.30. The van der Waals surface area contributed by atoms with Crippen molar-refractivity contribution in [1.82, 2.24) is 0 Å². The first-order valence-electron chi connectivity index (χ1n) is 5.80. The normalized spacial score (nSPS) is 14.5. The summed E-state index contributed by atoms with van der Waals surface area (Å²) in [5.41, 5.74) is 5.92. The zero-order valence-corrected chi connectivity index (χ0v) is 9.59. The van der Waals surface area contributed by atoms with E-state index >= 15 is 0 Å². The van der Waals surface area contributed by atoms with Crippen molar-refractivity contribution in [2.45, 2.75) is 33.1 Å². The van der Waals surface area contributed by atoms with Crippen molar-refractivity contribution >= 4 is 12.2 Å². The van der Waals surface area contributed by atoms with Gasteiger partial charge in [0.05, 0.1) is 0 Å². The maximum absolute atomic E-state index is 2.27. The molecular formula is C15H18. The van der Waals surface area contributed by atoms with Crippen LogP contribution in [0.2, 0.25) is 0 Å². The van der Waals surface area contributed by atoms with Crippen LogP contribution in [0.1, 0.15) is 42.5 Å². The number of hydrogen-bond acceptors (Lipinski definition) is 0. The Bertz CT molecular complexity index is 408. The average molecular weight is 198 g/mol. The van der Waals surface area contributed by atoms with Crippen LogP contribution in [-0.2, 0) is 12.8 Å². The molecule has 0 spiro atoms. The van der Waals surface area contributed by atoms with Crippen LogP contribution in [0.4, 0.5) is 0 Å². The topological polar surface area (TPSA) is 0 Å². The van der Waals surface area contributed by atoms with Gasteiger partial charge in [0, 0.05) is 0 Å². The standard InChI is InChI=1S/C15H18/c1-3-7-12-10-11-13-8-5-6-9-15(13)14(12)4-2/h3,5,7-8,10-11H,4,6,9H2,1-2H3/b7-3-. The van der Waals surface area contributed by atoms with Crippen LogP contribution in [-0.4, -0.2) is 0 Å². The Labute approximate surface area is 92.3 Å². The van der Waals surface area contributed by atoms with Crippen molar-refractivity contribution < 1.29 is 0 Å². The molecule has 0 aliphatic heterocycles. The van der Waals surface area contributed by atoms with Gasteiger partial charge >= 0.3 is 0 Å². The molecular weight excluding hydrogens is 180 g/mol. The quantitative estimate of drug-likeness (QED) is 0.666. The van der Waals surface area contributed by atoms with Gasteiger partial charge in [-0.15, -0.1) is 0 Å². The van der Waals surface area contributed by atoms with E-state index in [0.717, 1.165) is 6.42 Å². The zero-order chi connectivity index (χ0) is 10.7. The molecule has 1 aliphatic rings. The number of allylic oxidation sites excluding steroid dienone is 2. The summed E-state index contributed by atoms with van der Waals surface area (Å²) in [4.78, 5) is 0. The Morgan fingerprint density at radius 1 is 1.33 bits per heavy atom. The third-order valence-corrected chi connectivity index (χ3v) is 3.06. The monoisotopic (exact) mass is 198 g/mol. The third kappa shape index (κ3) is 1.90. The van der Waals surface area contributed by atoms with Gasteiger partial charge in [-0.2, -0.15) is 0 Å². The maximum atomic E-state index is 2.27. The second-order valence-electron chi connectivity index (χ2n) is 4.00. The smallest absolute Gasteiger partial charge is 0.0224 e. The van der Waals surface area contributed by atoms with Crippen molar-refractivity contribution in [3.8, 4) is 0 Å². The van der Waals surface area contributed by atoms with Crippen molar-refractivity contribution in [3.05, 3.63) is 46.5 Å². The number of hydrogen-bond donors (Lipinski definition) is 0. The molecule has 0 heteroatoms. The Morgan fingerprint density at radius 3 is 2.93 bits per heavy atom. The summed E-state index contributed by atoms with van der Waals surface area (Å²) in [5, 5.41) is 0. The summed E-state index contributed by atoms with van der Waals surface area (Å²) >= 11 is 0.